The second-order valence-corrected chi connectivity index (χ2v) is 9.24. The van der Waals surface area contributed by atoms with Crippen LogP contribution < -0.4 is 5.43 Å². The summed E-state index contributed by atoms with van der Waals surface area (Å²) in [5.74, 6) is -0.634. The predicted octanol–water partition coefficient (Wildman–Crippen LogP) is 3.56. The number of amides is 1. The minimum absolute atomic E-state index is 0.0934. The van der Waals surface area contributed by atoms with E-state index in [0.29, 0.717) is 12.8 Å². The molecule has 1 saturated heterocycles. The van der Waals surface area contributed by atoms with Crippen LogP contribution in [0.3, 0.4) is 0 Å². The number of rotatable bonds is 3. The number of hydrogen-bond acceptors (Lipinski definition) is 4. The second kappa shape index (κ2) is 5.66. The van der Waals surface area contributed by atoms with Gasteiger partial charge < -0.3 is 4.74 Å². The molecule has 2 bridgehead atoms. The van der Waals surface area contributed by atoms with Crippen molar-refractivity contribution in [2.45, 2.75) is 65.4 Å². The van der Waals surface area contributed by atoms with Crippen molar-refractivity contribution in [3.05, 3.63) is 35.4 Å². The number of hydrazone groups is 1. The Labute approximate surface area is 155 Å². The number of nitrogens with zero attached hydrogens (tertiary/aromatic N) is 1. The third kappa shape index (κ3) is 2.48. The Morgan fingerprint density at radius 2 is 1.77 bits per heavy atom. The number of nitrogens with one attached hydrogen (secondary N) is 1. The number of fused-ring (bicyclic) bond motifs is 2. The third-order valence-electron chi connectivity index (χ3n) is 6.61. The van der Waals surface area contributed by atoms with Crippen molar-refractivity contribution in [3.63, 3.8) is 0 Å². The van der Waals surface area contributed by atoms with Crippen molar-refractivity contribution in [2.24, 2.45) is 15.9 Å². The first-order valence-corrected chi connectivity index (χ1v) is 9.12. The van der Waals surface area contributed by atoms with Crippen LogP contribution in [0.25, 0.3) is 0 Å². The lowest BCUT2D eigenvalue weighted by molar-refractivity contribution is -0.168. The van der Waals surface area contributed by atoms with Crippen LogP contribution in [0.1, 0.15) is 65.5 Å². The third-order valence-corrected chi connectivity index (χ3v) is 6.61. The van der Waals surface area contributed by atoms with Gasteiger partial charge in [0, 0.05) is 5.41 Å². The predicted molar refractivity (Wildman–Crippen MR) is 101 cm³/mol. The van der Waals surface area contributed by atoms with E-state index in [1.54, 1.807) is 6.21 Å². The first-order valence-electron chi connectivity index (χ1n) is 9.12. The minimum Gasteiger partial charge on any atom is -0.448 e. The molecule has 1 N–H and O–H groups in total. The standard InChI is InChI=1S/C21H28N2O3/c1-18(2,3)15-9-7-14(8-10-15)13-22-23-16(24)21-12-11-20(6,17(25)26-21)19(21,4)5/h7-10,13H,11-12H2,1-6H3,(H,23,24). The van der Waals surface area contributed by atoms with Crippen LogP contribution in [0, 0.1) is 10.8 Å². The van der Waals surface area contributed by atoms with Gasteiger partial charge in [0.1, 0.15) is 0 Å². The highest BCUT2D eigenvalue weighted by molar-refractivity contribution is 5.96. The van der Waals surface area contributed by atoms with Crippen LogP contribution in [0.4, 0.5) is 0 Å². The molecular weight excluding hydrogens is 328 g/mol. The maximum atomic E-state index is 12.8. The number of carbonyl (C=O) groups excluding carboxylic acids is 2. The van der Waals surface area contributed by atoms with Crippen molar-refractivity contribution in [1.82, 2.24) is 5.43 Å². The summed E-state index contributed by atoms with van der Waals surface area (Å²) in [7, 11) is 0. The highest BCUT2D eigenvalue weighted by Gasteiger charge is 2.75. The van der Waals surface area contributed by atoms with E-state index in [-0.39, 0.29) is 17.3 Å². The Morgan fingerprint density at radius 1 is 1.15 bits per heavy atom. The molecular formula is C21H28N2O3. The number of carbonyl (C=O) groups is 2. The molecule has 1 aromatic carbocycles. The molecule has 1 aliphatic carbocycles. The highest BCUT2D eigenvalue weighted by Crippen LogP contribution is 2.65. The molecule has 1 saturated carbocycles. The van der Waals surface area contributed by atoms with Gasteiger partial charge in [0.2, 0.25) is 0 Å². The Balaban J connectivity index is 1.72. The summed E-state index contributed by atoms with van der Waals surface area (Å²) < 4.78 is 5.56. The molecule has 140 valence electrons. The van der Waals surface area contributed by atoms with Gasteiger partial charge in [-0.3, -0.25) is 9.59 Å². The Kier molecular flexibility index (Phi) is 4.05. The van der Waals surface area contributed by atoms with Gasteiger partial charge in [-0.2, -0.15) is 5.10 Å². The normalized spacial score (nSPS) is 29.8. The van der Waals surface area contributed by atoms with Crippen LogP contribution in [-0.2, 0) is 19.7 Å². The van der Waals surface area contributed by atoms with E-state index in [2.05, 4.69) is 43.4 Å². The Morgan fingerprint density at radius 3 is 2.23 bits per heavy atom. The summed E-state index contributed by atoms with van der Waals surface area (Å²) in [4.78, 5) is 25.1. The van der Waals surface area contributed by atoms with E-state index in [0.717, 1.165) is 5.56 Å². The number of ether oxygens (including phenoxy) is 1. The molecule has 1 heterocycles. The van der Waals surface area contributed by atoms with Gasteiger partial charge in [-0.1, -0.05) is 58.9 Å². The molecule has 1 aromatic rings. The first kappa shape index (κ1) is 18.6. The smallest absolute Gasteiger partial charge is 0.313 e. The van der Waals surface area contributed by atoms with Gasteiger partial charge in [-0.05, 0) is 36.3 Å². The molecule has 0 aromatic heterocycles. The van der Waals surface area contributed by atoms with Gasteiger partial charge in [0.25, 0.3) is 5.91 Å². The van der Waals surface area contributed by atoms with Crippen molar-refractivity contribution in [2.75, 3.05) is 0 Å². The number of esters is 1. The molecule has 0 radical (unpaired) electrons. The summed E-state index contributed by atoms with van der Waals surface area (Å²) in [5, 5.41) is 4.09. The molecule has 26 heavy (non-hydrogen) atoms. The fourth-order valence-electron chi connectivity index (χ4n) is 4.07. The van der Waals surface area contributed by atoms with Crippen molar-refractivity contribution < 1.29 is 14.3 Å². The topological polar surface area (TPSA) is 67.8 Å². The maximum absolute atomic E-state index is 12.8. The molecule has 2 unspecified atom stereocenters. The van der Waals surface area contributed by atoms with Crippen LogP contribution >= 0.6 is 0 Å². The fraction of sp³-hybridized carbons (Fsp3) is 0.571. The first-order chi connectivity index (χ1) is 11.9. The minimum atomic E-state index is -1.13. The molecule has 5 nitrogen and oxygen atoms in total. The zero-order valence-electron chi connectivity index (χ0n) is 16.5. The molecule has 3 rings (SSSR count). The van der Waals surface area contributed by atoms with Crippen LogP contribution in [0.15, 0.2) is 29.4 Å². The van der Waals surface area contributed by atoms with Gasteiger partial charge >= 0.3 is 5.97 Å². The van der Waals surface area contributed by atoms with E-state index < -0.39 is 16.4 Å². The van der Waals surface area contributed by atoms with Crippen LogP contribution in [-0.4, -0.2) is 23.7 Å². The second-order valence-electron chi connectivity index (χ2n) is 9.24. The molecule has 0 spiro atoms. The lowest BCUT2D eigenvalue weighted by atomic mass is 9.66. The van der Waals surface area contributed by atoms with Gasteiger partial charge in [0.05, 0.1) is 11.6 Å². The monoisotopic (exact) mass is 356 g/mol. The van der Waals surface area contributed by atoms with E-state index in [1.807, 2.05) is 32.9 Å². The summed E-state index contributed by atoms with van der Waals surface area (Å²) in [6.07, 6.45) is 2.80. The van der Waals surface area contributed by atoms with Crippen LogP contribution in [0.5, 0.6) is 0 Å². The maximum Gasteiger partial charge on any atom is 0.313 e. The summed E-state index contributed by atoms with van der Waals surface area (Å²) in [6.45, 7) is 12.2. The van der Waals surface area contributed by atoms with Crippen molar-refractivity contribution in [3.8, 4) is 0 Å². The van der Waals surface area contributed by atoms with E-state index in [1.165, 1.54) is 5.56 Å². The summed E-state index contributed by atoms with van der Waals surface area (Å²) >= 11 is 0. The average Bonchev–Trinajstić information content (AvgIpc) is 2.85. The fourth-order valence-corrected chi connectivity index (χ4v) is 4.07. The summed E-state index contributed by atoms with van der Waals surface area (Å²) in [5.41, 5.74) is 2.50. The van der Waals surface area contributed by atoms with E-state index >= 15 is 0 Å². The molecule has 2 fully saturated rings. The molecule has 1 amide bonds. The SMILES string of the molecule is CC(C)(C)c1ccc(C=NNC(=O)C23CCC(C)(C(=O)O2)C3(C)C)cc1. The van der Waals surface area contributed by atoms with E-state index in [9.17, 15) is 9.59 Å². The van der Waals surface area contributed by atoms with Gasteiger partial charge in [-0.25, -0.2) is 5.43 Å². The molecule has 5 heteroatoms. The highest BCUT2D eigenvalue weighted by atomic mass is 16.6. The van der Waals surface area contributed by atoms with Gasteiger partial charge in [-0.15, -0.1) is 0 Å². The van der Waals surface area contributed by atoms with Crippen molar-refractivity contribution in [1.29, 1.82) is 0 Å². The zero-order valence-corrected chi connectivity index (χ0v) is 16.5. The number of hydrogen-bond donors (Lipinski definition) is 1. The molecule has 2 aliphatic rings. The summed E-state index contributed by atoms with van der Waals surface area (Å²) in [6, 6.07) is 8.07. The average molecular weight is 356 g/mol. The number of benzene rings is 1. The lowest BCUT2D eigenvalue weighted by Gasteiger charge is -2.34. The van der Waals surface area contributed by atoms with Crippen LogP contribution in [0.2, 0.25) is 0 Å². The largest absolute Gasteiger partial charge is 0.448 e. The van der Waals surface area contributed by atoms with Gasteiger partial charge in [0.15, 0.2) is 5.60 Å². The van der Waals surface area contributed by atoms with E-state index in [4.69, 9.17) is 4.74 Å². The zero-order chi connectivity index (χ0) is 19.4. The van der Waals surface area contributed by atoms with Crippen molar-refractivity contribution >= 4 is 18.1 Å². The molecule has 2 atom stereocenters. The Hall–Kier alpha value is -2.17. The lowest BCUT2D eigenvalue weighted by Crippen LogP contribution is -2.52. The Bertz CT molecular complexity index is 773. The quantitative estimate of drug-likeness (QED) is 0.511. The molecule has 1 aliphatic heterocycles.